The van der Waals surface area contributed by atoms with Gasteiger partial charge in [-0.2, -0.15) is 0 Å². The Balaban J connectivity index is 1.87. The molecule has 31 heavy (non-hydrogen) atoms. The Morgan fingerprint density at radius 3 is 2.32 bits per heavy atom. The number of nitrogens with one attached hydrogen (secondary N) is 1. The molecule has 0 aromatic carbocycles. The molecule has 3 rings (SSSR count). The molecular formula is C20H28FN3O7. The summed E-state index contributed by atoms with van der Waals surface area (Å²) in [5, 5.41) is 2.25. The zero-order chi connectivity index (χ0) is 22.9. The van der Waals surface area contributed by atoms with E-state index in [0.717, 1.165) is 37.3 Å². The second-order valence-corrected chi connectivity index (χ2v) is 8.20. The number of amides is 2. The molecule has 1 aliphatic carbocycles. The Labute approximate surface area is 179 Å². The summed E-state index contributed by atoms with van der Waals surface area (Å²) in [5.41, 5.74) is 3.75. The van der Waals surface area contributed by atoms with E-state index in [9.17, 15) is 19.2 Å². The van der Waals surface area contributed by atoms with Crippen molar-refractivity contribution >= 4 is 23.8 Å². The first-order valence-corrected chi connectivity index (χ1v) is 10.4. The van der Waals surface area contributed by atoms with Crippen molar-refractivity contribution in [3.8, 4) is 0 Å². The van der Waals surface area contributed by atoms with Gasteiger partial charge >= 0.3 is 18.0 Å². The van der Waals surface area contributed by atoms with Crippen LogP contribution >= 0.6 is 0 Å². The third-order valence-electron chi connectivity index (χ3n) is 5.83. The van der Waals surface area contributed by atoms with Gasteiger partial charge in [-0.05, 0) is 19.8 Å². The van der Waals surface area contributed by atoms with Gasteiger partial charge in [-0.1, -0.05) is 19.3 Å². The zero-order valence-corrected chi connectivity index (χ0v) is 17.8. The van der Waals surface area contributed by atoms with Gasteiger partial charge in [0.2, 0.25) is 5.66 Å². The highest BCUT2D eigenvalue weighted by atomic mass is 19.1. The summed E-state index contributed by atoms with van der Waals surface area (Å²) in [6.07, 6.45) is 0.384. The van der Waals surface area contributed by atoms with E-state index in [0.29, 0.717) is 12.8 Å². The predicted octanol–water partition coefficient (Wildman–Crippen LogP) is 1.24. The van der Waals surface area contributed by atoms with Crippen molar-refractivity contribution in [1.29, 1.82) is 0 Å². The number of nitrogens with zero attached hydrogens (tertiary/aromatic N) is 1. The van der Waals surface area contributed by atoms with Gasteiger partial charge in [-0.25, -0.2) is 9.18 Å². The van der Waals surface area contributed by atoms with Gasteiger partial charge in [0.05, 0.1) is 6.10 Å². The summed E-state index contributed by atoms with van der Waals surface area (Å²) in [6.45, 7) is 3.88. The van der Waals surface area contributed by atoms with Crippen LogP contribution in [0.2, 0.25) is 0 Å². The molecule has 0 bridgehead atoms. The molecule has 2 amide bonds. The molecule has 10 nitrogen and oxygen atoms in total. The van der Waals surface area contributed by atoms with E-state index in [-0.39, 0.29) is 0 Å². The summed E-state index contributed by atoms with van der Waals surface area (Å²) < 4.78 is 31.2. The number of ketones is 1. The molecule has 1 unspecified atom stereocenters. The van der Waals surface area contributed by atoms with Crippen molar-refractivity contribution in [1.82, 2.24) is 10.2 Å². The van der Waals surface area contributed by atoms with E-state index in [2.05, 4.69) is 5.32 Å². The van der Waals surface area contributed by atoms with E-state index in [1.54, 1.807) is 6.92 Å². The summed E-state index contributed by atoms with van der Waals surface area (Å²) in [4.78, 5) is 49.6. The third-order valence-corrected chi connectivity index (χ3v) is 5.83. The Hall–Kier alpha value is -2.53. The molecule has 1 saturated heterocycles. The third kappa shape index (κ3) is 4.57. The summed E-state index contributed by atoms with van der Waals surface area (Å²) in [7, 11) is 0. The summed E-state index contributed by atoms with van der Waals surface area (Å²) >= 11 is 0. The van der Waals surface area contributed by atoms with Crippen LogP contribution in [0.5, 0.6) is 0 Å². The fourth-order valence-electron chi connectivity index (χ4n) is 4.33. The number of carbonyl (C=O) groups excluding carboxylic acids is 4. The van der Waals surface area contributed by atoms with E-state index in [1.807, 2.05) is 0 Å². The first kappa shape index (κ1) is 23.1. The molecule has 0 aromatic rings. The maximum Gasteiger partial charge on any atom is 0.325 e. The first-order valence-electron chi connectivity index (χ1n) is 10.4. The van der Waals surface area contributed by atoms with E-state index >= 15 is 4.39 Å². The normalized spacial score (nSPS) is 34.0. The van der Waals surface area contributed by atoms with Crippen LogP contribution in [0.4, 0.5) is 9.18 Å². The maximum atomic E-state index is 15.1. The molecule has 0 spiro atoms. The number of rotatable bonds is 5. The molecule has 3 N–H and O–H groups in total. The SMILES string of the molecule is CC(=O)O[C@@H]1[C@H](OC(C)=O)[C@@H](C)O[C@H]1N1C=C(F)C(N)(C(=O)C2CCCCC2)NC1=O. The number of esters is 2. The molecule has 2 heterocycles. The molecule has 11 heteroatoms. The number of ether oxygens (including phenoxy) is 3. The fourth-order valence-corrected chi connectivity index (χ4v) is 4.33. The number of Topliss-reactive ketones (excluding diaryl/α,β-unsaturated/α-hetero) is 1. The highest BCUT2D eigenvalue weighted by Gasteiger charge is 2.54. The van der Waals surface area contributed by atoms with Crippen molar-refractivity contribution in [3.05, 3.63) is 12.0 Å². The van der Waals surface area contributed by atoms with Crippen LogP contribution in [-0.2, 0) is 28.6 Å². The second-order valence-electron chi connectivity index (χ2n) is 8.20. The number of hydrogen-bond acceptors (Lipinski definition) is 8. The minimum atomic E-state index is -2.27. The Morgan fingerprint density at radius 1 is 1.16 bits per heavy atom. The van der Waals surface area contributed by atoms with Crippen molar-refractivity contribution in [2.75, 3.05) is 0 Å². The lowest BCUT2D eigenvalue weighted by molar-refractivity contribution is -0.165. The Bertz CT molecular complexity index is 798. The van der Waals surface area contributed by atoms with Gasteiger partial charge in [0, 0.05) is 26.0 Å². The average molecular weight is 441 g/mol. The number of hydrogen-bond donors (Lipinski definition) is 2. The summed E-state index contributed by atoms with van der Waals surface area (Å²) in [5.74, 6) is -3.41. The lowest BCUT2D eigenvalue weighted by Crippen LogP contribution is -2.69. The second kappa shape index (κ2) is 8.91. The lowest BCUT2D eigenvalue weighted by atomic mass is 9.81. The van der Waals surface area contributed by atoms with E-state index in [4.69, 9.17) is 19.9 Å². The predicted molar refractivity (Wildman–Crippen MR) is 104 cm³/mol. The maximum absolute atomic E-state index is 15.1. The zero-order valence-electron chi connectivity index (χ0n) is 17.8. The van der Waals surface area contributed by atoms with E-state index < -0.39 is 65.7 Å². The fraction of sp³-hybridized carbons (Fsp3) is 0.700. The average Bonchev–Trinajstić information content (AvgIpc) is 2.99. The minimum absolute atomic E-state index is 0.436. The monoisotopic (exact) mass is 441 g/mol. The van der Waals surface area contributed by atoms with Gasteiger partial charge in [0.25, 0.3) is 0 Å². The van der Waals surface area contributed by atoms with Crippen LogP contribution in [0, 0.1) is 5.92 Å². The number of carbonyl (C=O) groups is 4. The number of nitrogens with two attached hydrogens (primary N) is 1. The van der Waals surface area contributed by atoms with Crippen molar-refractivity contribution in [3.63, 3.8) is 0 Å². The minimum Gasteiger partial charge on any atom is -0.456 e. The summed E-state index contributed by atoms with van der Waals surface area (Å²) in [6, 6.07) is -0.897. The van der Waals surface area contributed by atoms with Crippen LogP contribution in [0.1, 0.15) is 52.9 Å². The molecule has 0 aromatic heterocycles. The standard InChI is InChI=1S/C20H28FN3O7/c1-10-15(30-11(2)25)16(31-12(3)26)18(29-10)24-9-14(21)20(22,23-19(24)28)17(27)13-7-5-4-6-8-13/h9-10,13,15-16,18H,4-8,22H2,1-3H3,(H,23,28)/t10-,15-,16-,18-,20?/m1/s1. The van der Waals surface area contributed by atoms with Gasteiger partial charge < -0.3 is 19.5 Å². The van der Waals surface area contributed by atoms with Crippen LogP contribution in [0.25, 0.3) is 0 Å². The van der Waals surface area contributed by atoms with Crippen molar-refractivity contribution in [2.24, 2.45) is 11.7 Å². The molecule has 5 atom stereocenters. The van der Waals surface area contributed by atoms with Gasteiger partial charge in [-0.15, -0.1) is 0 Å². The van der Waals surface area contributed by atoms with Crippen LogP contribution in [-0.4, -0.2) is 58.9 Å². The molecule has 0 radical (unpaired) electrons. The molecule has 2 fully saturated rings. The van der Waals surface area contributed by atoms with Crippen molar-refractivity contribution in [2.45, 2.75) is 83.1 Å². The topological polar surface area (TPSA) is 137 Å². The highest BCUT2D eigenvalue weighted by molar-refractivity contribution is 5.97. The molecule has 3 aliphatic rings. The Kier molecular flexibility index (Phi) is 6.65. The number of urea groups is 1. The molecule has 172 valence electrons. The molecule has 1 saturated carbocycles. The number of halogens is 1. The van der Waals surface area contributed by atoms with Crippen molar-refractivity contribution < 1.29 is 37.8 Å². The quantitative estimate of drug-likeness (QED) is 0.608. The first-order chi connectivity index (χ1) is 14.5. The smallest absolute Gasteiger partial charge is 0.325 e. The van der Waals surface area contributed by atoms with E-state index in [1.165, 1.54) is 6.92 Å². The van der Waals surface area contributed by atoms with Gasteiger partial charge in [-0.3, -0.25) is 25.0 Å². The largest absolute Gasteiger partial charge is 0.456 e. The molecule has 2 aliphatic heterocycles. The van der Waals surface area contributed by atoms with Crippen LogP contribution < -0.4 is 11.1 Å². The van der Waals surface area contributed by atoms with Crippen LogP contribution in [0.3, 0.4) is 0 Å². The highest BCUT2D eigenvalue weighted by Crippen LogP contribution is 2.34. The lowest BCUT2D eigenvalue weighted by Gasteiger charge is -2.40. The van der Waals surface area contributed by atoms with Crippen LogP contribution in [0.15, 0.2) is 12.0 Å². The Morgan fingerprint density at radius 2 is 1.74 bits per heavy atom. The van der Waals surface area contributed by atoms with Gasteiger partial charge in [0.1, 0.15) is 0 Å². The van der Waals surface area contributed by atoms with Gasteiger partial charge in [0.15, 0.2) is 30.0 Å². The molecular weight excluding hydrogens is 413 g/mol.